The zero-order chi connectivity index (χ0) is 16.7. The molecule has 0 aromatic carbocycles. The molecule has 0 radical (unpaired) electrons. The van der Waals surface area contributed by atoms with Gasteiger partial charge in [0.05, 0.1) is 18.8 Å². The van der Waals surface area contributed by atoms with Crippen LogP contribution in [0.1, 0.15) is 23.3 Å². The lowest BCUT2D eigenvalue weighted by atomic mass is 10.1. The minimum absolute atomic E-state index is 0.0722. The van der Waals surface area contributed by atoms with Gasteiger partial charge in [0, 0.05) is 33.3 Å². The number of hydrogen-bond donors (Lipinski definition) is 1. The lowest BCUT2D eigenvalue weighted by Crippen LogP contribution is -2.52. The molecule has 1 aromatic rings. The molecule has 1 N–H and O–H groups in total. The molecule has 1 aromatic heterocycles. The SMILES string of the molecule is Cn1c(C(=O)N2CCOC3C[C@H](CO)C[C@@H]32)cc(=O)n(C)c1=O. The van der Waals surface area contributed by atoms with Crippen molar-refractivity contribution in [1.82, 2.24) is 14.0 Å². The molecule has 3 atom stereocenters. The molecule has 0 spiro atoms. The van der Waals surface area contributed by atoms with Crippen LogP contribution in [0.15, 0.2) is 15.7 Å². The number of ether oxygens (including phenoxy) is 1. The van der Waals surface area contributed by atoms with Gasteiger partial charge in [-0.05, 0) is 18.8 Å². The fourth-order valence-electron chi connectivity index (χ4n) is 3.54. The van der Waals surface area contributed by atoms with Crippen LogP contribution in [0.3, 0.4) is 0 Å². The molecule has 2 heterocycles. The van der Waals surface area contributed by atoms with E-state index in [4.69, 9.17) is 4.74 Å². The van der Waals surface area contributed by atoms with Gasteiger partial charge in [0.2, 0.25) is 0 Å². The van der Waals surface area contributed by atoms with Crippen LogP contribution in [-0.4, -0.2) is 57.0 Å². The topological polar surface area (TPSA) is 93.8 Å². The summed E-state index contributed by atoms with van der Waals surface area (Å²) in [5, 5.41) is 9.35. The van der Waals surface area contributed by atoms with E-state index in [-0.39, 0.29) is 36.3 Å². The average molecular weight is 323 g/mol. The van der Waals surface area contributed by atoms with Crippen molar-refractivity contribution >= 4 is 5.91 Å². The van der Waals surface area contributed by atoms with E-state index >= 15 is 0 Å². The molecule has 2 aliphatic rings. The van der Waals surface area contributed by atoms with Crippen LogP contribution in [0, 0.1) is 5.92 Å². The first kappa shape index (κ1) is 15.9. The Balaban J connectivity index is 1.94. The molecule has 126 valence electrons. The number of amides is 1. The van der Waals surface area contributed by atoms with Gasteiger partial charge in [-0.2, -0.15) is 0 Å². The Morgan fingerprint density at radius 2 is 2.04 bits per heavy atom. The number of carbonyl (C=O) groups excluding carboxylic acids is 1. The smallest absolute Gasteiger partial charge is 0.331 e. The minimum atomic E-state index is -0.523. The Hall–Kier alpha value is -1.93. The molecule has 23 heavy (non-hydrogen) atoms. The number of morpholine rings is 1. The summed E-state index contributed by atoms with van der Waals surface area (Å²) in [6.45, 7) is 0.911. The monoisotopic (exact) mass is 323 g/mol. The van der Waals surface area contributed by atoms with Crippen LogP contribution in [0.25, 0.3) is 0 Å². The van der Waals surface area contributed by atoms with E-state index in [0.29, 0.717) is 19.6 Å². The Morgan fingerprint density at radius 1 is 1.30 bits per heavy atom. The highest BCUT2D eigenvalue weighted by molar-refractivity contribution is 5.92. The van der Waals surface area contributed by atoms with Gasteiger partial charge in [0.25, 0.3) is 11.5 Å². The van der Waals surface area contributed by atoms with E-state index in [9.17, 15) is 19.5 Å². The maximum absolute atomic E-state index is 12.9. The third-order valence-electron chi connectivity index (χ3n) is 4.90. The number of aliphatic hydroxyl groups is 1. The summed E-state index contributed by atoms with van der Waals surface area (Å²) in [6, 6.07) is 1.08. The quantitative estimate of drug-likeness (QED) is 0.730. The maximum atomic E-state index is 12.9. The Kier molecular flexibility index (Phi) is 4.11. The summed E-state index contributed by atoms with van der Waals surface area (Å²) in [4.78, 5) is 38.4. The summed E-state index contributed by atoms with van der Waals surface area (Å²) in [7, 11) is 2.87. The molecule has 2 fully saturated rings. The highest BCUT2D eigenvalue weighted by Crippen LogP contribution is 2.34. The van der Waals surface area contributed by atoms with Gasteiger partial charge in [0.15, 0.2) is 0 Å². The van der Waals surface area contributed by atoms with E-state index in [1.165, 1.54) is 24.7 Å². The predicted octanol–water partition coefficient (Wildman–Crippen LogP) is -1.30. The van der Waals surface area contributed by atoms with Gasteiger partial charge in [-0.25, -0.2) is 4.79 Å². The van der Waals surface area contributed by atoms with E-state index < -0.39 is 11.2 Å². The van der Waals surface area contributed by atoms with Crippen molar-refractivity contribution in [2.75, 3.05) is 19.8 Å². The van der Waals surface area contributed by atoms with Crippen LogP contribution in [-0.2, 0) is 18.8 Å². The van der Waals surface area contributed by atoms with Gasteiger partial charge in [-0.1, -0.05) is 0 Å². The lowest BCUT2D eigenvalue weighted by molar-refractivity contribution is -0.0452. The van der Waals surface area contributed by atoms with Crippen molar-refractivity contribution in [1.29, 1.82) is 0 Å². The summed E-state index contributed by atoms with van der Waals surface area (Å²) >= 11 is 0. The van der Waals surface area contributed by atoms with E-state index in [1.54, 1.807) is 4.90 Å². The maximum Gasteiger partial charge on any atom is 0.331 e. The fourth-order valence-corrected chi connectivity index (χ4v) is 3.54. The molecule has 1 unspecified atom stereocenters. The number of rotatable bonds is 2. The molecular formula is C15H21N3O5. The Morgan fingerprint density at radius 3 is 2.74 bits per heavy atom. The van der Waals surface area contributed by atoms with Gasteiger partial charge in [-0.3, -0.25) is 18.7 Å². The third kappa shape index (κ3) is 2.61. The van der Waals surface area contributed by atoms with Crippen molar-refractivity contribution in [3.05, 3.63) is 32.6 Å². The second-order valence-electron chi connectivity index (χ2n) is 6.26. The highest BCUT2D eigenvalue weighted by Gasteiger charge is 2.43. The summed E-state index contributed by atoms with van der Waals surface area (Å²) in [5.41, 5.74) is -0.933. The van der Waals surface area contributed by atoms with Crippen molar-refractivity contribution in [2.24, 2.45) is 20.0 Å². The summed E-state index contributed by atoms with van der Waals surface area (Å²) in [6.07, 6.45) is 1.31. The third-order valence-corrected chi connectivity index (χ3v) is 4.90. The highest BCUT2D eigenvalue weighted by atomic mass is 16.5. The first-order valence-corrected chi connectivity index (χ1v) is 7.74. The number of hydrogen-bond acceptors (Lipinski definition) is 5. The Bertz CT molecular complexity index is 738. The number of aromatic nitrogens is 2. The molecule has 0 bridgehead atoms. The van der Waals surface area contributed by atoms with Gasteiger partial charge < -0.3 is 14.7 Å². The standard InChI is InChI=1S/C15H21N3O5/c1-16-11(7-13(20)17(2)15(16)22)14(21)18-3-4-23-12-6-9(8-19)5-10(12)18/h7,9-10,12,19H,3-6,8H2,1-2H3/t9-,10+,12?/m1/s1. The van der Waals surface area contributed by atoms with Gasteiger partial charge in [0.1, 0.15) is 5.69 Å². The van der Waals surface area contributed by atoms with Crippen molar-refractivity contribution in [3.8, 4) is 0 Å². The largest absolute Gasteiger partial charge is 0.396 e. The lowest BCUT2D eigenvalue weighted by Gasteiger charge is -2.37. The normalized spacial score (nSPS) is 27.1. The van der Waals surface area contributed by atoms with Crippen molar-refractivity contribution < 1.29 is 14.6 Å². The first-order valence-electron chi connectivity index (χ1n) is 7.74. The molecule has 3 rings (SSSR count). The zero-order valence-electron chi connectivity index (χ0n) is 13.3. The van der Waals surface area contributed by atoms with Crippen LogP contribution in [0.5, 0.6) is 0 Å². The van der Waals surface area contributed by atoms with Crippen LogP contribution in [0.2, 0.25) is 0 Å². The van der Waals surface area contributed by atoms with Crippen LogP contribution in [0.4, 0.5) is 0 Å². The Labute approximate surface area is 132 Å². The number of aliphatic hydroxyl groups excluding tert-OH is 1. The molecule has 1 aliphatic carbocycles. The predicted molar refractivity (Wildman–Crippen MR) is 81.3 cm³/mol. The van der Waals surface area contributed by atoms with Crippen molar-refractivity contribution in [2.45, 2.75) is 25.0 Å². The van der Waals surface area contributed by atoms with E-state index in [1.807, 2.05) is 0 Å². The summed E-state index contributed by atoms with van der Waals surface area (Å²) in [5.74, 6) is -0.218. The van der Waals surface area contributed by atoms with Crippen molar-refractivity contribution in [3.63, 3.8) is 0 Å². The average Bonchev–Trinajstić information content (AvgIpc) is 2.98. The number of nitrogens with zero attached hydrogens (tertiary/aromatic N) is 3. The second-order valence-corrected chi connectivity index (χ2v) is 6.26. The molecular weight excluding hydrogens is 302 g/mol. The zero-order valence-corrected chi connectivity index (χ0v) is 13.3. The fraction of sp³-hybridized carbons (Fsp3) is 0.667. The number of fused-ring (bicyclic) bond motifs is 1. The minimum Gasteiger partial charge on any atom is -0.396 e. The number of carbonyl (C=O) groups is 1. The first-order chi connectivity index (χ1) is 10.9. The van der Waals surface area contributed by atoms with Crippen LogP contribution < -0.4 is 11.2 Å². The van der Waals surface area contributed by atoms with E-state index in [2.05, 4.69) is 0 Å². The molecule has 1 aliphatic heterocycles. The molecule has 8 nitrogen and oxygen atoms in total. The molecule has 8 heteroatoms. The second kappa shape index (κ2) is 5.93. The molecule has 1 saturated carbocycles. The van der Waals surface area contributed by atoms with E-state index in [0.717, 1.165) is 11.0 Å². The van der Waals surface area contributed by atoms with Gasteiger partial charge >= 0.3 is 5.69 Å². The van der Waals surface area contributed by atoms with Gasteiger partial charge in [-0.15, -0.1) is 0 Å². The summed E-state index contributed by atoms with van der Waals surface area (Å²) < 4.78 is 7.88. The molecule has 1 amide bonds. The molecule has 1 saturated heterocycles. The van der Waals surface area contributed by atoms with Crippen LogP contribution >= 0.6 is 0 Å².